The van der Waals surface area contributed by atoms with Gasteiger partial charge in [0.05, 0.1) is 7.11 Å². The largest absolute Gasteiger partial charge is 0.508 e. The molecule has 2 amide bonds. The van der Waals surface area contributed by atoms with Crippen molar-refractivity contribution in [1.29, 1.82) is 0 Å². The molecular formula is C41H40BBr3Cl4N2O4. The van der Waals surface area contributed by atoms with E-state index >= 15 is 0 Å². The Morgan fingerprint density at radius 2 is 1.02 bits per heavy atom. The molecule has 4 aliphatic rings. The molecule has 6 nitrogen and oxygen atoms in total. The second kappa shape index (κ2) is 19.2. The summed E-state index contributed by atoms with van der Waals surface area (Å²) in [5, 5.41) is 18.5. The Balaban J connectivity index is 0.000000171. The van der Waals surface area contributed by atoms with Crippen molar-refractivity contribution in [1.82, 2.24) is 10.6 Å². The second-order valence-corrected chi connectivity index (χ2v) is 22.5. The van der Waals surface area contributed by atoms with E-state index in [0.29, 0.717) is 16.6 Å². The van der Waals surface area contributed by atoms with E-state index in [1.165, 1.54) is 11.1 Å². The van der Waals surface area contributed by atoms with Crippen molar-refractivity contribution in [2.24, 2.45) is 23.7 Å². The first-order chi connectivity index (χ1) is 26.4. The van der Waals surface area contributed by atoms with Gasteiger partial charge in [-0.3, -0.25) is 9.59 Å². The molecule has 0 unspecified atom stereocenters. The number of ether oxygens (including phenoxy) is 1. The van der Waals surface area contributed by atoms with Gasteiger partial charge in [0, 0.05) is 45.0 Å². The number of carbonyl (C=O) groups is 2. The first-order valence-corrected chi connectivity index (χ1v) is 22.4. The van der Waals surface area contributed by atoms with Gasteiger partial charge in [-0.25, -0.2) is 0 Å². The van der Waals surface area contributed by atoms with E-state index in [1.807, 2.05) is 42.5 Å². The lowest BCUT2D eigenvalue weighted by Gasteiger charge is -2.40. The molecule has 0 spiro atoms. The van der Waals surface area contributed by atoms with Crippen molar-refractivity contribution in [2.45, 2.75) is 49.4 Å². The number of methoxy groups -OCH3 is 1. The fourth-order valence-electron chi connectivity index (χ4n) is 9.27. The lowest BCUT2D eigenvalue weighted by molar-refractivity contribution is -0.124. The molecule has 2 saturated heterocycles. The smallest absolute Gasteiger partial charge is 0.369 e. The zero-order valence-electron chi connectivity index (χ0n) is 29.8. The molecule has 8 atom stereocenters. The standard InChI is InChI=1S/C21H21Cl2NO2.C20H19Cl2NO2.BBr3/c1-26-14-6-7-15(19(23)10-14)16-8-9-17-18(11-24-21(17)25)20(16)12-2-4-13(22)5-3-12;21-12-3-1-11(2-4-12)19-15(14-6-5-13(24)9-18(14)22)7-8-16-17(19)10-23-20(16)25;2-1(3)4/h2-7,10,16-18,20H,8-9,11H2,1H3,(H,24,25);1-6,9,15-17,19,24H,7-8,10H2,(H,23,25);/t16-,17+,18+,20-;15-,16+,17+,19-;/m00./s1. The van der Waals surface area contributed by atoms with E-state index in [-0.39, 0.29) is 68.1 Å². The number of benzene rings is 4. The molecule has 3 N–H and O–H groups in total. The van der Waals surface area contributed by atoms with Gasteiger partial charge in [0.25, 0.3) is 0 Å². The predicted molar refractivity (Wildman–Crippen MR) is 236 cm³/mol. The Kier molecular flexibility index (Phi) is 14.9. The van der Waals surface area contributed by atoms with Crippen molar-refractivity contribution >= 4 is 109 Å². The highest BCUT2D eigenvalue weighted by molar-refractivity contribution is 9.69. The van der Waals surface area contributed by atoms with Gasteiger partial charge in [-0.05, 0) is 132 Å². The molecule has 8 rings (SSSR count). The first-order valence-electron chi connectivity index (χ1n) is 18.2. The number of halogens is 7. The molecule has 4 aromatic carbocycles. The third-order valence-electron chi connectivity index (χ3n) is 11.6. The van der Waals surface area contributed by atoms with Crippen LogP contribution in [0.3, 0.4) is 0 Å². The Bertz CT molecular complexity index is 1970. The van der Waals surface area contributed by atoms with Gasteiger partial charge in [0.1, 0.15) is 11.5 Å². The van der Waals surface area contributed by atoms with E-state index in [0.717, 1.165) is 59.1 Å². The highest BCUT2D eigenvalue weighted by atomic mass is 79.9. The number of phenols is 1. The summed E-state index contributed by atoms with van der Waals surface area (Å²) in [7, 11) is 1.64. The molecule has 290 valence electrons. The molecule has 4 aromatic rings. The molecule has 2 aliphatic carbocycles. The SMILES string of the molecule is BrB(Br)Br.COc1ccc([C@@H]2CC[C@H]3C(=O)NC[C@H]3[C@H]2c2ccc(Cl)cc2)c(Cl)c1.O=C1NC[C@H]2[C@@H](c3ccc(Cl)cc3)[C@H](c3ccc(O)cc3Cl)CC[C@@H]12. The summed E-state index contributed by atoms with van der Waals surface area (Å²) in [5.74, 6) is 2.86. The average molecular weight is 1020 g/mol. The summed E-state index contributed by atoms with van der Waals surface area (Å²) in [6.07, 6.45) is 3.59. The molecule has 55 heavy (non-hydrogen) atoms. The van der Waals surface area contributed by atoms with Crippen LogP contribution in [0.4, 0.5) is 0 Å². The Hall–Kier alpha value is -1.92. The van der Waals surface area contributed by atoms with Crippen LogP contribution in [0.25, 0.3) is 0 Å². The maximum Gasteiger partial charge on any atom is 0.369 e. The lowest BCUT2D eigenvalue weighted by Crippen LogP contribution is -2.32. The number of hydrogen-bond acceptors (Lipinski definition) is 4. The number of carbonyl (C=O) groups excluding carboxylic acids is 2. The number of rotatable bonds is 5. The number of phenolic OH excluding ortho intramolecular Hbond substituents is 1. The van der Waals surface area contributed by atoms with Crippen LogP contribution >= 0.6 is 93.7 Å². The van der Waals surface area contributed by atoms with Crippen LogP contribution in [-0.4, -0.2) is 40.3 Å². The van der Waals surface area contributed by atoms with E-state index in [2.05, 4.69) is 88.2 Å². The maximum absolute atomic E-state index is 12.3. The molecule has 2 saturated carbocycles. The normalized spacial score (nSPS) is 26.5. The Morgan fingerprint density at radius 1 is 0.618 bits per heavy atom. The van der Waals surface area contributed by atoms with Crippen molar-refractivity contribution in [3.8, 4) is 11.5 Å². The van der Waals surface area contributed by atoms with Crippen molar-refractivity contribution in [2.75, 3.05) is 20.2 Å². The zero-order valence-corrected chi connectivity index (χ0v) is 37.6. The van der Waals surface area contributed by atoms with Crippen LogP contribution in [0.15, 0.2) is 84.9 Å². The summed E-state index contributed by atoms with van der Waals surface area (Å²) < 4.78 is 5.56. The first kappa shape index (κ1) is 42.7. The molecule has 0 aromatic heterocycles. The predicted octanol–water partition coefficient (Wildman–Crippen LogP) is 11.9. The second-order valence-electron chi connectivity index (χ2n) is 14.4. The average Bonchev–Trinajstić information content (AvgIpc) is 3.73. The fourth-order valence-corrected chi connectivity index (χ4v) is 10.1. The van der Waals surface area contributed by atoms with Gasteiger partial charge >= 0.3 is 3.18 Å². The topological polar surface area (TPSA) is 87.7 Å². The molecule has 0 radical (unpaired) electrons. The third-order valence-corrected chi connectivity index (χ3v) is 12.8. The number of nitrogens with one attached hydrogen (secondary N) is 2. The fraction of sp³-hybridized carbons (Fsp3) is 0.366. The van der Waals surface area contributed by atoms with Gasteiger partial charge in [-0.2, -0.15) is 0 Å². The van der Waals surface area contributed by atoms with E-state index in [4.69, 9.17) is 51.1 Å². The van der Waals surface area contributed by atoms with Crippen LogP contribution in [0.2, 0.25) is 20.1 Å². The van der Waals surface area contributed by atoms with Crippen LogP contribution in [0.5, 0.6) is 11.5 Å². The van der Waals surface area contributed by atoms with Crippen molar-refractivity contribution in [3.63, 3.8) is 0 Å². The maximum atomic E-state index is 12.3. The van der Waals surface area contributed by atoms with Crippen LogP contribution in [0.1, 0.15) is 71.6 Å². The molecule has 2 aliphatic heterocycles. The van der Waals surface area contributed by atoms with Crippen molar-refractivity contribution in [3.05, 3.63) is 127 Å². The summed E-state index contributed by atoms with van der Waals surface area (Å²) in [6, 6.07) is 27.0. The molecule has 14 heteroatoms. The zero-order chi connectivity index (χ0) is 39.4. The minimum Gasteiger partial charge on any atom is -0.508 e. The highest BCUT2D eigenvalue weighted by Crippen LogP contribution is 2.54. The molecule has 4 fully saturated rings. The number of amides is 2. The van der Waals surface area contributed by atoms with Crippen LogP contribution < -0.4 is 15.4 Å². The highest BCUT2D eigenvalue weighted by Gasteiger charge is 2.48. The van der Waals surface area contributed by atoms with Crippen LogP contribution in [-0.2, 0) is 9.59 Å². The minimum atomic E-state index is 0.0628. The summed E-state index contributed by atoms with van der Waals surface area (Å²) >= 11 is 34.5. The van der Waals surface area contributed by atoms with Gasteiger partial charge in [0.2, 0.25) is 11.8 Å². The summed E-state index contributed by atoms with van der Waals surface area (Å²) in [4.78, 5) is 24.5. The Labute approximate surface area is 367 Å². The van der Waals surface area contributed by atoms with Gasteiger partial charge < -0.3 is 20.5 Å². The third kappa shape index (κ3) is 10.0. The molecular weight excluding hydrogens is 977 g/mol. The van der Waals surface area contributed by atoms with Crippen molar-refractivity contribution < 1.29 is 19.4 Å². The number of fused-ring (bicyclic) bond motifs is 2. The Morgan fingerprint density at radius 3 is 1.42 bits per heavy atom. The monoisotopic (exact) mass is 1010 g/mol. The number of aromatic hydroxyl groups is 1. The van der Waals surface area contributed by atoms with E-state index in [1.54, 1.807) is 19.2 Å². The molecule has 2 heterocycles. The van der Waals surface area contributed by atoms with Crippen LogP contribution in [0, 0.1) is 23.7 Å². The van der Waals surface area contributed by atoms with E-state index < -0.39 is 0 Å². The summed E-state index contributed by atoms with van der Waals surface area (Å²) in [5.41, 5.74) is 4.57. The van der Waals surface area contributed by atoms with E-state index in [9.17, 15) is 14.7 Å². The van der Waals surface area contributed by atoms with Gasteiger partial charge in [-0.15, -0.1) is 47.3 Å². The minimum absolute atomic E-state index is 0.0628. The van der Waals surface area contributed by atoms with Gasteiger partial charge in [-0.1, -0.05) is 82.8 Å². The quantitative estimate of drug-likeness (QED) is 0.174. The number of hydrogen-bond donors (Lipinski definition) is 3. The lowest BCUT2D eigenvalue weighted by atomic mass is 9.63. The summed E-state index contributed by atoms with van der Waals surface area (Å²) in [6.45, 7) is 1.42. The van der Waals surface area contributed by atoms with Gasteiger partial charge in [0.15, 0.2) is 0 Å². The molecule has 0 bridgehead atoms.